The molecule has 114 valence electrons. The van der Waals surface area contributed by atoms with E-state index in [1.165, 1.54) is 25.3 Å². The minimum absolute atomic E-state index is 0.0256. The largest absolute Gasteiger partial charge is 0.478 e. The van der Waals surface area contributed by atoms with E-state index in [0.717, 1.165) is 6.07 Å². The monoisotopic (exact) mass is 311 g/mol. The van der Waals surface area contributed by atoms with Crippen LogP contribution >= 0.6 is 0 Å². The molecule has 1 aromatic carbocycles. The summed E-state index contributed by atoms with van der Waals surface area (Å²) in [5, 5.41) is 9.53. The van der Waals surface area contributed by atoms with Gasteiger partial charge >= 0.3 is 6.18 Å². The molecule has 1 N–H and O–H groups in total. The Morgan fingerprint density at radius 2 is 1.77 bits per heavy atom. The van der Waals surface area contributed by atoms with Crippen molar-refractivity contribution < 1.29 is 22.5 Å². The molecule has 0 saturated heterocycles. The number of benzene rings is 1. The number of halogens is 3. The lowest BCUT2D eigenvalue weighted by atomic mass is 10.1. The van der Waals surface area contributed by atoms with E-state index in [9.17, 15) is 13.2 Å². The third-order valence-corrected chi connectivity index (χ3v) is 2.76. The topological polar surface area (TPSA) is 86.0 Å². The Bertz CT molecular complexity index is 818. The van der Waals surface area contributed by atoms with Crippen LogP contribution in [0.3, 0.4) is 0 Å². The predicted molar refractivity (Wildman–Crippen MR) is 68.7 cm³/mol. The van der Waals surface area contributed by atoms with Crippen LogP contribution in [0.1, 0.15) is 5.56 Å². The Balaban J connectivity index is 2.07. The Morgan fingerprint density at radius 3 is 2.45 bits per heavy atom. The summed E-state index contributed by atoms with van der Waals surface area (Å²) in [7, 11) is 1.31. The number of rotatable bonds is 3. The summed E-state index contributed by atoms with van der Waals surface area (Å²) < 4.78 is 48.4. The zero-order chi connectivity index (χ0) is 15.7. The smallest absolute Gasteiger partial charge is 0.418 e. The van der Waals surface area contributed by atoms with Crippen LogP contribution in [0.4, 0.5) is 24.7 Å². The van der Waals surface area contributed by atoms with Gasteiger partial charge in [0, 0.05) is 0 Å². The van der Waals surface area contributed by atoms with Crippen molar-refractivity contribution in [1.29, 1.82) is 0 Å². The third-order valence-electron chi connectivity index (χ3n) is 2.76. The highest BCUT2D eigenvalue weighted by Crippen LogP contribution is 2.36. The number of fused-ring (bicyclic) bond motifs is 1. The van der Waals surface area contributed by atoms with Gasteiger partial charge in [-0.2, -0.15) is 23.1 Å². The number of aromatic nitrogens is 4. The minimum atomic E-state index is -4.51. The highest BCUT2D eigenvalue weighted by Gasteiger charge is 2.33. The van der Waals surface area contributed by atoms with Crippen LogP contribution in [0.2, 0.25) is 0 Å². The molecule has 2 heterocycles. The van der Waals surface area contributed by atoms with Crippen molar-refractivity contribution in [2.24, 2.45) is 0 Å². The van der Waals surface area contributed by atoms with Gasteiger partial charge in [-0.05, 0) is 22.4 Å². The van der Waals surface area contributed by atoms with Gasteiger partial charge in [0.2, 0.25) is 11.3 Å². The van der Waals surface area contributed by atoms with E-state index < -0.39 is 11.7 Å². The Hall–Kier alpha value is -2.91. The summed E-state index contributed by atoms with van der Waals surface area (Å²) in [5.41, 5.74) is -0.880. The van der Waals surface area contributed by atoms with E-state index in [1.54, 1.807) is 0 Å². The summed E-state index contributed by atoms with van der Waals surface area (Å²) in [6, 6.07) is 4.99. The molecule has 0 amide bonds. The molecule has 0 aliphatic rings. The maximum atomic E-state index is 13.0. The number of hydrogen-bond acceptors (Lipinski definition) is 7. The zero-order valence-corrected chi connectivity index (χ0v) is 11.0. The number of ether oxygens (including phenoxy) is 1. The standard InChI is InChI=1S/C12H8F3N5O2/c1-21-11-10(17-8-9(18-11)20-22-19-8)16-7-5-3-2-4-6(7)12(13,14)15/h2-5H,1H3,(H,16,17,19). The summed E-state index contributed by atoms with van der Waals surface area (Å²) in [5.74, 6) is -0.0532. The Morgan fingerprint density at radius 1 is 1.09 bits per heavy atom. The molecule has 10 heteroatoms. The summed E-state index contributed by atoms with van der Waals surface area (Å²) in [4.78, 5) is 7.94. The van der Waals surface area contributed by atoms with E-state index in [2.05, 4.69) is 30.2 Å². The molecule has 0 atom stereocenters. The number of nitrogens with zero attached hydrogens (tertiary/aromatic N) is 4. The predicted octanol–water partition coefficient (Wildman–Crippen LogP) is 2.78. The van der Waals surface area contributed by atoms with Gasteiger partial charge in [0.1, 0.15) is 0 Å². The van der Waals surface area contributed by atoms with Gasteiger partial charge in [0.25, 0.3) is 5.88 Å². The molecular formula is C12H8F3N5O2. The highest BCUT2D eigenvalue weighted by molar-refractivity contribution is 5.72. The second-order valence-corrected chi connectivity index (χ2v) is 4.16. The second-order valence-electron chi connectivity index (χ2n) is 4.16. The Labute approximate surface area is 121 Å². The summed E-state index contributed by atoms with van der Waals surface area (Å²) in [6.45, 7) is 0. The van der Waals surface area contributed by atoms with E-state index in [-0.39, 0.29) is 28.7 Å². The molecule has 0 unspecified atom stereocenters. The van der Waals surface area contributed by atoms with Crippen LogP contribution in [-0.2, 0) is 6.18 Å². The first-order valence-electron chi connectivity index (χ1n) is 5.96. The van der Waals surface area contributed by atoms with E-state index in [1.807, 2.05) is 0 Å². The SMILES string of the molecule is COc1nc2nonc2nc1Nc1ccccc1C(F)(F)F. The van der Waals surface area contributed by atoms with E-state index in [0.29, 0.717) is 0 Å². The van der Waals surface area contributed by atoms with Gasteiger partial charge in [-0.3, -0.25) is 0 Å². The number of nitrogens with one attached hydrogen (secondary N) is 1. The van der Waals surface area contributed by atoms with E-state index in [4.69, 9.17) is 4.74 Å². The maximum Gasteiger partial charge on any atom is 0.418 e. The molecule has 22 heavy (non-hydrogen) atoms. The fourth-order valence-corrected chi connectivity index (χ4v) is 1.81. The van der Waals surface area contributed by atoms with Crippen molar-refractivity contribution >= 4 is 22.8 Å². The van der Waals surface area contributed by atoms with Crippen molar-refractivity contribution in [3.8, 4) is 5.88 Å². The lowest BCUT2D eigenvalue weighted by molar-refractivity contribution is -0.136. The normalized spacial score (nSPS) is 11.6. The molecule has 0 radical (unpaired) electrons. The third kappa shape index (κ3) is 2.50. The molecule has 7 nitrogen and oxygen atoms in total. The fraction of sp³-hybridized carbons (Fsp3) is 0.167. The molecule has 0 aliphatic heterocycles. The number of anilines is 2. The number of para-hydroxylation sites is 1. The lowest BCUT2D eigenvalue weighted by Gasteiger charge is -2.14. The first kappa shape index (κ1) is 14.0. The lowest BCUT2D eigenvalue weighted by Crippen LogP contribution is -2.09. The highest BCUT2D eigenvalue weighted by atomic mass is 19.4. The molecule has 3 aromatic rings. The van der Waals surface area contributed by atoms with Crippen LogP contribution in [-0.4, -0.2) is 27.4 Å². The summed E-state index contributed by atoms with van der Waals surface area (Å²) in [6.07, 6.45) is -4.51. The van der Waals surface area contributed by atoms with Crippen molar-refractivity contribution in [3.63, 3.8) is 0 Å². The van der Waals surface area contributed by atoms with E-state index >= 15 is 0 Å². The van der Waals surface area contributed by atoms with Gasteiger partial charge in [0.15, 0.2) is 5.82 Å². The van der Waals surface area contributed by atoms with Crippen molar-refractivity contribution in [2.45, 2.75) is 6.18 Å². The average molecular weight is 311 g/mol. The van der Waals surface area contributed by atoms with Crippen LogP contribution in [0.25, 0.3) is 11.3 Å². The zero-order valence-electron chi connectivity index (χ0n) is 11.0. The van der Waals surface area contributed by atoms with Gasteiger partial charge < -0.3 is 10.1 Å². The average Bonchev–Trinajstić information content (AvgIpc) is 2.93. The quantitative estimate of drug-likeness (QED) is 0.796. The van der Waals surface area contributed by atoms with Crippen LogP contribution in [0, 0.1) is 0 Å². The fourth-order valence-electron chi connectivity index (χ4n) is 1.81. The molecule has 0 spiro atoms. The van der Waals surface area contributed by atoms with Crippen molar-refractivity contribution in [3.05, 3.63) is 29.8 Å². The first-order chi connectivity index (χ1) is 10.5. The molecule has 0 bridgehead atoms. The second kappa shape index (κ2) is 5.13. The molecule has 0 aliphatic carbocycles. The maximum absolute atomic E-state index is 13.0. The molecule has 3 rings (SSSR count). The van der Waals surface area contributed by atoms with Crippen LogP contribution in [0.15, 0.2) is 28.9 Å². The molecule has 2 aromatic heterocycles. The number of methoxy groups -OCH3 is 1. The van der Waals surface area contributed by atoms with Gasteiger partial charge in [0.05, 0.1) is 18.4 Å². The van der Waals surface area contributed by atoms with Crippen molar-refractivity contribution in [1.82, 2.24) is 20.3 Å². The van der Waals surface area contributed by atoms with Gasteiger partial charge in [-0.1, -0.05) is 12.1 Å². The van der Waals surface area contributed by atoms with Crippen LogP contribution in [0.5, 0.6) is 5.88 Å². The number of hydrogen-bond donors (Lipinski definition) is 1. The van der Waals surface area contributed by atoms with Crippen LogP contribution < -0.4 is 10.1 Å². The molecule has 0 saturated carbocycles. The Kier molecular flexibility index (Phi) is 3.28. The van der Waals surface area contributed by atoms with Crippen molar-refractivity contribution in [2.75, 3.05) is 12.4 Å². The first-order valence-corrected chi connectivity index (χ1v) is 5.96. The number of alkyl halides is 3. The summed E-state index contributed by atoms with van der Waals surface area (Å²) >= 11 is 0. The minimum Gasteiger partial charge on any atom is -0.478 e. The van der Waals surface area contributed by atoms with Gasteiger partial charge in [-0.25, -0.2) is 4.63 Å². The molecular weight excluding hydrogens is 303 g/mol. The van der Waals surface area contributed by atoms with Gasteiger partial charge in [-0.15, -0.1) is 0 Å². The molecule has 0 fully saturated rings.